The number of carbonyl (C=O) groups excluding carboxylic acids is 1. The molecule has 0 aromatic heterocycles. The fourth-order valence-electron chi connectivity index (χ4n) is 4.86. The van der Waals surface area contributed by atoms with Crippen LogP contribution in [0.15, 0.2) is 48.5 Å². The summed E-state index contributed by atoms with van der Waals surface area (Å²) in [6.45, 7) is 1.89. The van der Waals surface area contributed by atoms with E-state index in [1.807, 2.05) is 25.1 Å². The SMILES string of the molecule is CCC(=O)N[C@@H]1C[C@@H]2O[C@H](CO)CC[C@@H]2O[C@@H]1CCc1ccc(-c2cccc(OC)c2)cc1. The highest BCUT2D eigenvalue weighted by atomic mass is 16.6. The molecule has 5 atom stereocenters. The number of fused-ring (bicyclic) bond motifs is 1. The monoisotopic (exact) mass is 453 g/mol. The molecule has 4 rings (SSSR count). The van der Waals surface area contributed by atoms with Gasteiger partial charge < -0.3 is 24.6 Å². The molecule has 6 nitrogen and oxygen atoms in total. The van der Waals surface area contributed by atoms with E-state index in [9.17, 15) is 9.90 Å². The first-order valence-electron chi connectivity index (χ1n) is 12.0. The zero-order valence-corrected chi connectivity index (χ0v) is 19.5. The van der Waals surface area contributed by atoms with Crippen molar-refractivity contribution in [3.8, 4) is 16.9 Å². The molecule has 2 fully saturated rings. The van der Waals surface area contributed by atoms with Crippen LogP contribution in [0.1, 0.15) is 44.6 Å². The molecule has 2 aliphatic rings. The summed E-state index contributed by atoms with van der Waals surface area (Å²) in [5.41, 5.74) is 3.52. The molecule has 0 bridgehead atoms. The highest BCUT2D eigenvalue weighted by Crippen LogP contribution is 2.33. The van der Waals surface area contributed by atoms with Gasteiger partial charge in [0.25, 0.3) is 0 Å². The molecule has 2 heterocycles. The Morgan fingerprint density at radius 3 is 2.64 bits per heavy atom. The molecule has 0 spiro atoms. The van der Waals surface area contributed by atoms with E-state index in [-0.39, 0.29) is 43.0 Å². The van der Waals surface area contributed by atoms with Crippen LogP contribution >= 0.6 is 0 Å². The number of hydrogen-bond donors (Lipinski definition) is 2. The Morgan fingerprint density at radius 1 is 1.09 bits per heavy atom. The Bertz CT molecular complexity index is 915. The number of methoxy groups -OCH3 is 1. The van der Waals surface area contributed by atoms with Gasteiger partial charge in [0, 0.05) is 6.42 Å². The second-order valence-electron chi connectivity index (χ2n) is 9.00. The van der Waals surface area contributed by atoms with Crippen molar-refractivity contribution in [3.05, 3.63) is 54.1 Å². The van der Waals surface area contributed by atoms with Gasteiger partial charge in [-0.15, -0.1) is 0 Å². The van der Waals surface area contributed by atoms with E-state index in [2.05, 4.69) is 35.6 Å². The average molecular weight is 454 g/mol. The van der Waals surface area contributed by atoms with Crippen LogP contribution in [0.2, 0.25) is 0 Å². The minimum absolute atomic E-state index is 0.0306. The zero-order valence-electron chi connectivity index (χ0n) is 19.5. The van der Waals surface area contributed by atoms with Crippen molar-refractivity contribution in [1.29, 1.82) is 0 Å². The lowest BCUT2D eigenvalue weighted by Gasteiger charge is -2.45. The number of aliphatic hydroxyl groups excluding tert-OH is 1. The highest BCUT2D eigenvalue weighted by molar-refractivity contribution is 5.75. The molecule has 1 amide bonds. The normalized spacial score (nSPS) is 26.9. The van der Waals surface area contributed by atoms with Gasteiger partial charge in [0.15, 0.2) is 0 Å². The summed E-state index contributed by atoms with van der Waals surface area (Å²) < 4.78 is 17.8. The predicted octanol–water partition coefficient (Wildman–Crippen LogP) is 3.89. The van der Waals surface area contributed by atoms with E-state index in [1.165, 1.54) is 5.56 Å². The molecular formula is C27H35NO5. The lowest BCUT2D eigenvalue weighted by molar-refractivity contribution is -0.202. The number of nitrogens with one attached hydrogen (secondary N) is 1. The minimum Gasteiger partial charge on any atom is -0.497 e. The first kappa shape index (κ1) is 23.7. The maximum Gasteiger partial charge on any atom is 0.220 e. The van der Waals surface area contributed by atoms with E-state index in [4.69, 9.17) is 14.2 Å². The second-order valence-corrected chi connectivity index (χ2v) is 9.00. The summed E-state index contributed by atoms with van der Waals surface area (Å²) >= 11 is 0. The fourth-order valence-corrected chi connectivity index (χ4v) is 4.86. The fraction of sp³-hybridized carbons (Fsp3) is 0.519. The van der Waals surface area contributed by atoms with Crippen LogP contribution in [0.4, 0.5) is 0 Å². The van der Waals surface area contributed by atoms with Crippen LogP contribution in [0.25, 0.3) is 11.1 Å². The van der Waals surface area contributed by atoms with E-state index < -0.39 is 0 Å². The summed E-state index contributed by atoms with van der Waals surface area (Å²) in [4.78, 5) is 12.1. The Labute approximate surface area is 196 Å². The molecule has 2 aliphatic heterocycles. The van der Waals surface area contributed by atoms with Gasteiger partial charge in [-0.2, -0.15) is 0 Å². The molecule has 0 aliphatic carbocycles. The predicted molar refractivity (Wildman–Crippen MR) is 127 cm³/mol. The van der Waals surface area contributed by atoms with E-state index >= 15 is 0 Å². The standard InChI is InChI=1S/C27H35NO5/c1-3-27(30)28-23-16-26-25(14-12-22(17-29)32-26)33-24(23)13-9-18-7-10-19(11-8-18)20-5-4-6-21(15-20)31-2/h4-8,10-11,15,22-26,29H,3,9,12-14,16-17H2,1-2H3,(H,28,30)/t22-,23+,24+,25-,26-/m0/s1. The minimum atomic E-state index is -0.128. The molecule has 0 unspecified atom stereocenters. The number of aliphatic hydroxyl groups is 1. The maximum atomic E-state index is 12.1. The molecule has 6 heteroatoms. The Morgan fingerprint density at radius 2 is 1.91 bits per heavy atom. The van der Waals surface area contributed by atoms with Crippen molar-refractivity contribution in [1.82, 2.24) is 5.32 Å². The molecule has 178 valence electrons. The number of rotatable bonds is 8. The van der Waals surface area contributed by atoms with E-state index in [0.29, 0.717) is 6.42 Å². The van der Waals surface area contributed by atoms with Crippen LogP contribution in [0, 0.1) is 0 Å². The second kappa shape index (κ2) is 11.1. The molecule has 0 saturated carbocycles. The quantitative estimate of drug-likeness (QED) is 0.634. The number of benzene rings is 2. The third kappa shape index (κ3) is 5.94. The summed E-state index contributed by atoms with van der Waals surface area (Å²) in [5, 5.41) is 12.6. The Balaban J connectivity index is 1.40. The van der Waals surface area contributed by atoms with Gasteiger partial charge in [-0.1, -0.05) is 43.3 Å². The van der Waals surface area contributed by atoms with Gasteiger partial charge in [-0.05, 0) is 60.9 Å². The third-order valence-electron chi connectivity index (χ3n) is 6.79. The van der Waals surface area contributed by atoms with Crippen molar-refractivity contribution in [2.24, 2.45) is 0 Å². The molecule has 0 radical (unpaired) electrons. The lowest BCUT2D eigenvalue weighted by Crippen LogP contribution is -2.57. The molecule has 2 saturated heterocycles. The molecule has 33 heavy (non-hydrogen) atoms. The molecule has 2 aromatic rings. The summed E-state index contributed by atoms with van der Waals surface area (Å²) in [5.74, 6) is 0.880. The number of hydrogen-bond acceptors (Lipinski definition) is 5. The lowest BCUT2D eigenvalue weighted by atomic mass is 9.88. The topological polar surface area (TPSA) is 77.0 Å². The molecule has 2 N–H and O–H groups in total. The number of ether oxygens (including phenoxy) is 3. The van der Waals surface area contributed by atoms with Gasteiger partial charge in [0.2, 0.25) is 5.91 Å². The van der Waals surface area contributed by atoms with E-state index in [0.717, 1.165) is 49.0 Å². The first-order valence-corrected chi connectivity index (χ1v) is 12.0. The van der Waals surface area contributed by atoms with E-state index in [1.54, 1.807) is 7.11 Å². The molecule has 2 aromatic carbocycles. The summed E-state index contributed by atoms with van der Waals surface area (Å²) in [6, 6.07) is 16.6. The summed E-state index contributed by atoms with van der Waals surface area (Å²) in [6.07, 6.45) is 4.36. The maximum absolute atomic E-state index is 12.1. The van der Waals surface area contributed by atoms with Crippen LogP contribution in [-0.2, 0) is 20.7 Å². The van der Waals surface area contributed by atoms with Gasteiger partial charge in [0.05, 0.1) is 44.2 Å². The Kier molecular flexibility index (Phi) is 8.02. The van der Waals surface area contributed by atoms with Crippen molar-refractivity contribution >= 4 is 5.91 Å². The van der Waals surface area contributed by atoms with Crippen LogP contribution in [0.5, 0.6) is 5.75 Å². The van der Waals surface area contributed by atoms with Gasteiger partial charge >= 0.3 is 0 Å². The van der Waals surface area contributed by atoms with Crippen molar-refractivity contribution in [2.45, 2.75) is 75.9 Å². The third-order valence-corrected chi connectivity index (χ3v) is 6.79. The average Bonchev–Trinajstić information content (AvgIpc) is 2.87. The summed E-state index contributed by atoms with van der Waals surface area (Å²) in [7, 11) is 1.68. The number of amides is 1. The van der Waals surface area contributed by atoms with Crippen molar-refractivity contribution in [2.75, 3.05) is 13.7 Å². The van der Waals surface area contributed by atoms with Crippen molar-refractivity contribution < 1.29 is 24.1 Å². The zero-order chi connectivity index (χ0) is 23.2. The van der Waals surface area contributed by atoms with Crippen LogP contribution < -0.4 is 10.1 Å². The first-order chi connectivity index (χ1) is 16.1. The van der Waals surface area contributed by atoms with Crippen LogP contribution in [-0.4, -0.2) is 55.2 Å². The molecular weight excluding hydrogens is 418 g/mol. The van der Waals surface area contributed by atoms with Crippen LogP contribution in [0.3, 0.4) is 0 Å². The number of aryl methyl sites for hydroxylation is 1. The number of carbonyl (C=O) groups is 1. The van der Waals surface area contributed by atoms with Crippen molar-refractivity contribution in [3.63, 3.8) is 0 Å². The smallest absolute Gasteiger partial charge is 0.220 e. The Hall–Kier alpha value is -2.41. The largest absolute Gasteiger partial charge is 0.497 e. The highest BCUT2D eigenvalue weighted by Gasteiger charge is 2.42. The van der Waals surface area contributed by atoms with Gasteiger partial charge in [-0.25, -0.2) is 0 Å². The van der Waals surface area contributed by atoms with Gasteiger partial charge in [-0.3, -0.25) is 4.79 Å². The van der Waals surface area contributed by atoms with Gasteiger partial charge in [0.1, 0.15) is 5.75 Å².